The predicted molar refractivity (Wildman–Crippen MR) is 71.6 cm³/mol. The van der Waals surface area contributed by atoms with Gasteiger partial charge in [-0.05, 0) is 12.1 Å². The van der Waals surface area contributed by atoms with Crippen molar-refractivity contribution in [3.8, 4) is 0 Å². The van der Waals surface area contributed by atoms with E-state index in [0.717, 1.165) is 0 Å². The molecule has 0 aromatic heterocycles. The molecule has 0 radical (unpaired) electrons. The minimum atomic E-state index is -0.717. The average molecular weight is 295 g/mol. The maximum Gasteiger partial charge on any atom is 0.354 e. The van der Waals surface area contributed by atoms with Gasteiger partial charge in [-0.1, -0.05) is 23.7 Å². The summed E-state index contributed by atoms with van der Waals surface area (Å²) < 4.78 is 4.86. The summed E-state index contributed by atoms with van der Waals surface area (Å²) in [7, 11) is 0. The molecule has 1 aromatic rings. The quantitative estimate of drug-likeness (QED) is 0.670. The van der Waals surface area contributed by atoms with E-state index in [1.807, 2.05) is 0 Å². The van der Waals surface area contributed by atoms with Crippen LogP contribution in [0.25, 0.3) is 0 Å². The highest BCUT2D eigenvalue weighted by Crippen LogP contribution is 2.15. The maximum absolute atomic E-state index is 11.8. The van der Waals surface area contributed by atoms with Crippen LogP contribution in [-0.2, 0) is 14.3 Å². The van der Waals surface area contributed by atoms with Crippen LogP contribution >= 0.6 is 11.6 Å². The van der Waals surface area contributed by atoms with Crippen LogP contribution < -0.4 is 5.43 Å². The van der Waals surface area contributed by atoms with E-state index in [4.69, 9.17) is 16.3 Å². The van der Waals surface area contributed by atoms with Crippen molar-refractivity contribution in [1.29, 1.82) is 0 Å². The van der Waals surface area contributed by atoms with Crippen LogP contribution in [0, 0.1) is 0 Å². The van der Waals surface area contributed by atoms with Gasteiger partial charge in [0.05, 0.1) is 5.02 Å². The Morgan fingerprint density at radius 3 is 2.70 bits per heavy atom. The summed E-state index contributed by atoms with van der Waals surface area (Å²) in [4.78, 5) is 34.4. The van der Waals surface area contributed by atoms with Gasteiger partial charge in [-0.3, -0.25) is 9.59 Å². The fourth-order valence-corrected chi connectivity index (χ4v) is 1.84. The third-order valence-corrected chi connectivity index (χ3v) is 2.98. The minimum Gasteiger partial charge on any atom is -0.453 e. The molecule has 1 heterocycles. The Morgan fingerprint density at radius 2 is 2.05 bits per heavy atom. The summed E-state index contributed by atoms with van der Waals surface area (Å²) in [5.41, 5.74) is 2.57. The van der Waals surface area contributed by atoms with Gasteiger partial charge in [0.2, 0.25) is 11.7 Å². The predicted octanol–water partition coefficient (Wildman–Crippen LogP) is 1.33. The molecule has 1 aliphatic heterocycles. The standard InChI is InChI=1S/C13H11ClN2O4/c14-9-4-2-1-3-8(9)11(17)7-20-13(19)10-5-6-12(18)16-15-10/h1-4H,5-7H2,(H,16,18). The van der Waals surface area contributed by atoms with E-state index >= 15 is 0 Å². The molecule has 0 fully saturated rings. The Labute approximate surface area is 119 Å². The van der Waals surface area contributed by atoms with Gasteiger partial charge < -0.3 is 4.74 Å². The number of halogens is 1. The van der Waals surface area contributed by atoms with Crippen molar-refractivity contribution in [2.24, 2.45) is 5.10 Å². The van der Waals surface area contributed by atoms with E-state index in [9.17, 15) is 14.4 Å². The zero-order chi connectivity index (χ0) is 14.5. The summed E-state index contributed by atoms with van der Waals surface area (Å²) in [6.07, 6.45) is 0.372. The molecule has 0 unspecified atom stereocenters. The molecule has 1 N–H and O–H groups in total. The zero-order valence-electron chi connectivity index (χ0n) is 10.4. The highest BCUT2D eigenvalue weighted by atomic mass is 35.5. The fourth-order valence-electron chi connectivity index (χ4n) is 1.60. The molecular formula is C13H11ClN2O4. The van der Waals surface area contributed by atoms with Crippen molar-refractivity contribution in [2.45, 2.75) is 12.8 Å². The number of hydrogen-bond donors (Lipinski definition) is 1. The number of carbonyl (C=O) groups excluding carboxylic acids is 3. The molecule has 7 heteroatoms. The van der Waals surface area contributed by atoms with Gasteiger partial charge in [0.25, 0.3) is 0 Å². The lowest BCUT2D eigenvalue weighted by atomic mass is 10.1. The van der Waals surface area contributed by atoms with Gasteiger partial charge in [-0.15, -0.1) is 0 Å². The molecule has 0 spiro atoms. The number of hydrazone groups is 1. The van der Waals surface area contributed by atoms with Gasteiger partial charge in [0.1, 0.15) is 5.71 Å². The summed E-state index contributed by atoms with van der Waals surface area (Å²) in [5, 5.41) is 3.89. The molecule has 1 aromatic carbocycles. The van der Waals surface area contributed by atoms with Crippen LogP contribution in [-0.4, -0.2) is 30.0 Å². The second-order valence-corrected chi connectivity index (χ2v) is 4.48. The highest BCUT2D eigenvalue weighted by molar-refractivity contribution is 6.37. The van der Waals surface area contributed by atoms with Crippen molar-refractivity contribution < 1.29 is 19.1 Å². The monoisotopic (exact) mass is 294 g/mol. The van der Waals surface area contributed by atoms with Gasteiger partial charge in [-0.25, -0.2) is 10.2 Å². The van der Waals surface area contributed by atoms with Crippen molar-refractivity contribution >= 4 is 35.0 Å². The van der Waals surface area contributed by atoms with Gasteiger partial charge >= 0.3 is 5.97 Å². The lowest BCUT2D eigenvalue weighted by Crippen LogP contribution is -2.31. The normalized spacial score (nSPS) is 14.2. The summed E-state index contributed by atoms with van der Waals surface area (Å²) in [5.74, 6) is -1.37. The van der Waals surface area contributed by atoms with Crippen LogP contribution in [0.4, 0.5) is 0 Å². The first-order valence-corrected chi connectivity index (χ1v) is 6.26. The molecule has 1 amide bonds. The van der Waals surface area contributed by atoms with Crippen LogP contribution in [0.2, 0.25) is 5.02 Å². The number of nitrogens with one attached hydrogen (secondary N) is 1. The van der Waals surface area contributed by atoms with E-state index in [1.54, 1.807) is 24.3 Å². The van der Waals surface area contributed by atoms with Crippen molar-refractivity contribution in [1.82, 2.24) is 5.43 Å². The molecule has 20 heavy (non-hydrogen) atoms. The second kappa shape index (κ2) is 6.29. The molecule has 0 aliphatic carbocycles. The third kappa shape index (κ3) is 3.42. The molecule has 1 aliphatic rings. The number of nitrogens with zero attached hydrogens (tertiary/aromatic N) is 1. The molecular weight excluding hydrogens is 284 g/mol. The Bertz CT molecular complexity index is 598. The van der Waals surface area contributed by atoms with E-state index in [2.05, 4.69) is 10.5 Å². The van der Waals surface area contributed by atoms with Crippen LogP contribution in [0.3, 0.4) is 0 Å². The Kier molecular flexibility index (Phi) is 4.47. The number of hydrogen-bond acceptors (Lipinski definition) is 5. The molecule has 104 valence electrons. The molecule has 2 rings (SSSR count). The first-order valence-electron chi connectivity index (χ1n) is 5.88. The number of amides is 1. The van der Waals surface area contributed by atoms with Crippen LogP contribution in [0.1, 0.15) is 23.2 Å². The van der Waals surface area contributed by atoms with E-state index in [-0.39, 0.29) is 24.5 Å². The Hall–Kier alpha value is -2.21. The molecule has 0 saturated carbocycles. The van der Waals surface area contributed by atoms with Crippen LogP contribution in [0.5, 0.6) is 0 Å². The summed E-state index contributed by atoms with van der Waals surface area (Å²) in [6, 6.07) is 6.50. The average Bonchev–Trinajstić information content (AvgIpc) is 2.45. The number of Topliss-reactive ketones (excluding diaryl/α,β-unsaturated/α-hetero) is 1. The van der Waals surface area contributed by atoms with Crippen molar-refractivity contribution in [3.63, 3.8) is 0 Å². The number of esters is 1. The largest absolute Gasteiger partial charge is 0.453 e. The first kappa shape index (κ1) is 14.2. The third-order valence-electron chi connectivity index (χ3n) is 2.65. The molecule has 6 nitrogen and oxygen atoms in total. The number of ether oxygens (including phenoxy) is 1. The zero-order valence-corrected chi connectivity index (χ0v) is 11.1. The van der Waals surface area contributed by atoms with Gasteiger partial charge in [0.15, 0.2) is 6.61 Å². The topological polar surface area (TPSA) is 84.8 Å². The Balaban J connectivity index is 1.92. The number of ketones is 1. The van der Waals surface area contributed by atoms with Crippen molar-refractivity contribution in [3.05, 3.63) is 34.9 Å². The van der Waals surface area contributed by atoms with E-state index in [0.29, 0.717) is 10.6 Å². The van der Waals surface area contributed by atoms with Crippen molar-refractivity contribution in [2.75, 3.05) is 6.61 Å². The van der Waals surface area contributed by atoms with Crippen LogP contribution in [0.15, 0.2) is 29.4 Å². The van der Waals surface area contributed by atoms with E-state index < -0.39 is 18.4 Å². The second-order valence-electron chi connectivity index (χ2n) is 4.07. The van der Waals surface area contributed by atoms with Gasteiger partial charge in [0, 0.05) is 18.4 Å². The fraction of sp³-hybridized carbons (Fsp3) is 0.231. The van der Waals surface area contributed by atoms with E-state index in [1.165, 1.54) is 0 Å². The first-order chi connectivity index (χ1) is 9.58. The molecule has 0 bridgehead atoms. The number of carbonyl (C=O) groups is 3. The highest BCUT2D eigenvalue weighted by Gasteiger charge is 2.21. The summed E-state index contributed by atoms with van der Waals surface area (Å²) in [6.45, 7) is -0.421. The SMILES string of the molecule is O=C1CCC(C(=O)OCC(=O)c2ccccc2Cl)=NN1. The Morgan fingerprint density at radius 1 is 1.30 bits per heavy atom. The lowest BCUT2D eigenvalue weighted by molar-refractivity contribution is -0.134. The molecule has 0 saturated heterocycles. The lowest BCUT2D eigenvalue weighted by Gasteiger charge is -2.11. The van der Waals surface area contributed by atoms with Gasteiger partial charge in [-0.2, -0.15) is 5.10 Å². The summed E-state index contributed by atoms with van der Waals surface area (Å²) >= 11 is 5.87. The smallest absolute Gasteiger partial charge is 0.354 e. The molecule has 0 atom stereocenters. The maximum atomic E-state index is 11.8. The minimum absolute atomic E-state index is 0.0940. The number of rotatable bonds is 4. The number of benzene rings is 1.